The van der Waals surface area contributed by atoms with Gasteiger partial charge in [0, 0.05) is 40.7 Å². The Bertz CT molecular complexity index is 2710. The molecule has 14 nitrogen and oxygen atoms in total. The zero-order chi connectivity index (χ0) is 51.1. The number of carbonyl (C=O) groups excluding carboxylic acids is 4. The molecule has 2 bridgehead atoms. The molecular weight excluding hydrogens is 768 g/mol. The number of hydrogen-bond acceptors (Lipinski definition) is 8. The molecule has 4 amide bonds. The highest BCUT2D eigenvalue weighted by molar-refractivity contribution is 5.87. The average molecular weight is 833 g/mol. The summed E-state index contributed by atoms with van der Waals surface area (Å²) < 4.78 is 109. The minimum atomic E-state index is -3.84. The van der Waals surface area contributed by atoms with Crippen LogP contribution in [0.2, 0.25) is 0 Å². The van der Waals surface area contributed by atoms with Crippen molar-refractivity contribution >= 4 is 24.0 Å². The quantitative estimate of drug-likeness (QED) is 0.119. The van der Waals surface area contributed by atoms with Crippen molar-refractivity contribution in [1.82, 2.24) is 40.4 Å². The Balaban J connectivity index is 1.06. The number of nitrogens with zero attached hydrogens (tertiary/aromatic N) is 4. The Morgan fingerprint density at radius 1 is 0.767 bits per heavy atom. The SMILES string of the molecule is [2H]C([2H])([2H])C([2H])(C([2H])([2H])[2H])[C@]([2H])(NC(=O)OC)C(=O)N1CCC[C@H]1c1ncc(-c2ccc(-c3ccc(-c4cnc([C@@H]5CCCN5C(=O)[C@]([2H])(NC(=O)OC)C([2H])(C)C)[nH]4)c4c3C3CCC4C3)c(F)c2)[nH]1. The number of alkyl carbamates (subject to hydrolysis) is 2. The molecule has 4 N–H and O–H groups in total. The topological polar surface area (TPSA) is 175 Å². The molecule has 4 aliphatic rings. The smallest absolute Gasteiger partial charge is 0.407 e. The van der Waals surface area contributed by atoms with Gasteiger partial charge in [0.2, 0.25) is 11.8 Å². The number of aromatic amines is 2. The Morgan fingerprint density at radius 3 is 1.83 bits per heavy atom. The van der Waals surface area contributed by atoms with Crippen LogP contribution in [0, 0.1) is 17.6 Å². The van der Waals surface area contributed by atoms with Crippen LogP contribution in [0.4, 0.5) is 14.0 Å². The van der Waals surface area contributed by atoms with Crippen molar-refractivity contribution in [1.29, 1.82) is 0 Å². The van der Waals surface area contributed by atoms with E-state index in [0.717, 1.165) is 60.6 Å². The molecule has 2 saturated heterocycles. The Hall–Kier alpha value is -5.73. The van der Waals surface area contributed by atoms with Gasteiger partial charge in [0.15, 0.2) is 0 Å². The van der Waals surface area contributed by atoms with E-state index in [-0.39, 0.29) is 30.6 Å². The maximum Gasteiger partial charge on any atom is 0.407 e. The van der Waals surface area contributed by atoms with Crippen LogP contribution in [0.15, 0.2) is 42.7 Å². The fourth-order valence-corrected chi connectivity index (χ4v) is 9.49. The summed E-state index contributed by atoms with van der Waals surface area (Å²) in [5.74, 6) is -7.21. The highest BCUT2D eigenvalue weighted by Gasteiger charge is 2.42. The molecule has 0 radical (unpaired) electrons. The number of benzene rings is 2. The van der Waals surface area contributed by atoms with Crippen LogP contribution < -0.4 is 10.6 Å². The molecule has 1 saturated carbocycles. The first-order valence-corrected chi connectivity index (χ1v) is 20.1. The monoisotopic (exact) mass is 832 g/mol. The number of likely N-dealkylation sites (tertiary alicyclic amines) is 2. The average Bonchev–Trinajstić information content (AvgIpc) is 4.16. The fraction of sp³-hybridized carbons (Fsp3) is 0.511. The molecule has 4 aromatic rings. The summed E-state index contributed by atoms with van der Waals surface area (Å²) in [6.07, 6.45) is 5.17. The van der Waals surface area contributed by atoms with Gasteiger partial charge in [-0.25, -0.2) is 23.9 Å². The lowest BCUT2D eigenvalue weighted by molar-refractivity contribution is -0.136. The van der Waals surface area contributed by atoms with Crippen LogP contribution in [0.5, 0.6) is 0 Å². The first-order valence-electron chi connectivity index (χ1n) is 25.1. The standard InChI is InChI=1S/C45H55FN8O6/c1-23(2)38(51-44(57)59-5)42(55)53-17-7-9-34(53)40-47-21-32(49-40)25-13-14-28(31(46)20-25)29-15-16-30(37-27-12-11-26(19-27)36(29)37)33-22-48-41(50-33)35-10-8-18-54(35)43(56)39(24(3)4)52-45(58)60-6/h13-16,20-24,26-27,34-35,38-39H,7-12,17-19H2,1-6H3,(H,47,49)(H,48,50)(H,51,57)(H,52,58)/t26?,27?,34-,35-,38-,39+/m0/s1/i1D3,2D3,23D,24D,38D,39D. The number of carbonyl (C=O) groups is 4. The molecule has 2 aromatic heterocycles. The summed E-state index contributed by atoms with van der Waals surface area (Å²) in [5, 5.41) is 4.04. The van der Waals surface area contributed by atoms with Crippen molar-refractivity contribution in [3.63, 3.8) is 0 Å². The third-order valence-corrected chi connectivity index (χ3v) is 12.2. The molecule has 0 spiro atoms. The van der Waals surface area contributed by atoms with Crippen molar-refractivity contribution in [3.8, 4) is 33.6 Å². The lowest BCUT2D eigenvalue weighted by Crippen LogP contribution is -2.51. The Kier molecular flexibility index (Phi) is 8.45. The molecule has 2 aliphatic heterocycles. The summed E-state index contributed by atoms with van der Waals surface area (Å²) in [4.78, 5) is 71.1. The second-order valence-corrected chi connectivity index (χ2v) is 15.9. The van der Waals surface area contributed by atoms with Crippen molar-refractivity contribution in [3.05, 3.63) is 71.3 Å². The number of rotatable bonds is 11. The van der Waals surface area contributed by atoms with Gasteiger partial charge < -0.3 is 39.9 Å². The van der Waals surface area contributed by atoms with Crippen molar-refractivity contribution in [2.45, 2.75) is 108 Å². The third kappa shape index (κ3) is 7.51. The van der Waals surface area contributed by atoms with Crippen molar-refractivity contribution in [2.24, 2.45) is 11.8 Å². The maximum absolute atomic E-state index is 16.6. The summed E-state index contributed by atoms with van der Waals surface area (Å²) >= 11 is 0. The van der Waals surface area contributed by atoms with E-state index in [9.17, 15) is 19.2 Å². The van der Waals surface area contributed by atoms with E-state index >= 15 is 4.39 Å². The molecule has 15 heteroatoms. The third-order valence-electron chi connectivity index (χ3n) is 12.2. The number of H-pyrrole nitrogens is 2. The Labute approximate surface area is 363 Å². The van der Waals surface area contributed by atoms with Crippen LogP contribution in [0.25, 0.3) is 33.6 Å². The summed E-state index contributed by atoms with van der Waals surface area (Å²) in [7, 11) is 2.00. The van der Waals surface area contributed by atoms with Gasteiger partial charge in [0.05, 0.1) is 52.8 Å². The molecule has 6 atom stereocenters. The summed E-state index contributed by atoms with van der Waals surface area (Å²) in [6.45, 7) is -4.56. The number of methoxy groups -OCH3 is 2. The molecule has 8 rings (SSSR count). The minimum Gasteiger partial charge on any atom is -0.453 e. The van der Waals surface area contributed by atoms with Gasteiger partial charge in [0.25, 0.3) is 0 Å². The van der Waals surface area contributed by atoms with Crippen LogP contribution in [-0.2, 0) is 19.1 Å². The largest absolute Gasteiger partial charge is 0.453 e. The first kappa shape index (κ1) is 30.3. The van der Waals surface area contributed by atoms with Gasteiger partial charge in [-0.05, 0) is 91.3 Å². The van der Waals surface area contributed by atoms with Gasteiger partial charge in [-0.2, -0.15) is 0 Å². The van der Waals surface area contributed by atoms with E-state index in [1.54, 1.807) is 23.6 Å². The van der Waals surface area contributed by atoms with Gasteiger partial charge in [0.1, 0.15) is 29.5 Å². The number of aromatic nitrogens is 4. The van der Waals surface area contributed by atoms with Gasteiger partial charge in [-0.1, -0.05) is 51.8 Å². The van der Waals surface area contributed by atoms with Gasteiger partial charge in [-0.15, -0.1) is 0 Å². The zero-order valence-electron chi connectivity index (χ0n) is 43.8. The number of nitrogens with one attached hydrogen (secondary N) is 4. The van der Waals surface area contributed by atoms with E-state index in [0.29, 0.717) is 54.1 Å². The number of halogens is 1. The van der Waals surface area contributed by atoms with E-state index in [4.69, 9.17) is 18.7 Å². The second kappa shape index (κ2) is 16.7. The highest BCUT2D eigenvalue weighted by atomic mass is 19.1. The minimum absolute atomic E-state index is 0.0893. The summed E-state index contributed by atoms with van der Waals surface area (Å²) in [5.41, 5.74) is 5.66. The molecule has 4 heterocycles. The van der Waals surface area contributed by atoms with Crippen LogP contribution in [-0.4, -0.2) is 93.1 Å². The van der Waals surface area contributed by atoms with E-state index in [1.807, 2.05) is 12.1 Å². The maximum atomic E-state index is 16.6. The molecular formula is C45H55FN8O6. The highest BCUT2D eigenvalue weighted by Crippen LogP contribution is 2.58. The van der Waals surface area contributed by atoms with Crippen LogP contribution >= 0.6 is 0 Å². The molecule has 3 fully saturated rings. The fourth-order valence-electron chi connectivity index (χ4n) is 9.49. The van der Waals surface area contributed by atoms with Crippen LogP contribution in [0.3, 0.4) is 0 Å². The number of ether oxygens (including phenoxy) is 2. The normalized spacial score (nSPS) is 25.9. The van der Waals surface area contributed by atoms with E-state index in [2.05, 4.69) is 29.7 Å². The second-order valence-electron chi connectivity index (χ2n) is 15.9. The molecule has 2 aromatic carbocycles. The van der Waals surface area contributed by atoms with E-state index < -0.39 is 79.4 Å². The number of fused-ring (bicyclic) bond motifs is 5. The lowest BCUT2D eigenvalue weighted by Gasteiger charge is -2.30. The van der Waals surface area contributed by atoms with Gasteiger partial charge >= 0.3 is 12.2 Å². The Morgan fingerprint density at radius 2 is 1.28 bits per heavy atom. The molecule has 60 heavy (non-hydrogen) atoms. The number of hydrogen-bond donors (Lipinski definition) is 4. The number of imidazole rings is 2. The van der Waals surface area contributed by atoms with Crippen molar-refractivity contribution < 1.29 is 46.7 Å². The summed E-state index contributed by atoms with van der Waals surface area (Å²) in [6, 6.07) is 1.17. The first-order chi connectivity index (χ1) is 32.7. The van der Waals surface area contributed by atoms with Crippen LogP contribution in [0.1, 0.15) is 133 Å². The van der Waals surface area contributed by atoms with Crippen molar-refractivity contribution in [2.75, 3.05) is 27.3 Å². The zero-order valence-corrected chi connectivity index (χ0v) is 33.8. The molecule has 2 aliphatic carbocycles. The van der Waals surface area contributed by atoms with Gasteiger partial charge in [-0.3, -0.25) is 9.59 Å². The molecule has 318 valence electrons. The predicted octanol–water partition coefficient (Wildman–Crippen LogP) is 7.73. The van der Waals surface area contributed by atoms with E-state index in [1.165, 1.54) is 31.0 Å². The lowest BCUT2D eigenvalue weighted by atomic mass is 9.82. The number of amides is 4. The molecule has 2 unspecified atom stereocenters. The predicted molar refractivity (Wildman–Crippen MR) is 222 cm³/mol.